The van der Waals surface area contributed by atoms with E-state index in [1.807, 2.05) is 18.2 Å². The molecule has 0 aliphatic carbocycles. The molecule has 0 atom stereocenters. The lowest BCUT2D eigenvalue weighted by Gasteiger charge is -2.05. The van der Waals surface area contributed by atoms with Gasteiger partial charge in [-0.15, -0.1) is 0 Å². The number of unbranched alkanes of at least 4 members (excludes halogenated alkanes) is 2. The Morgan fingerprint density at radius 3 is 2.76 bits per heavy atom. The van der Waals surface area contributed by atoms with Gasteiger partial charge in [-0.25, -0.2) is 17.4 Å². The Labute approximate surface area is 101 Å². The van der Waals surface area contributed by atoms with Gasteiger partial charge in [-0.05, 0) is 18.6 Å². The number of hydrogen-bond acceptors (Lipinski definition) is 3. The van der Waals surface area contributed by atoms with Gasteiger partial charge in [0.15, 0.2) is 0 Å². The Hall–Kier alpha value is -1.36. The maximum absolute atomic E-state index is 12.1. The predicted molar refractivity (Wildman–Crippen MR) is 68.4 cm³/mol. The maximum Gasteiger partial charge on any atom is 0.240 e. The first-order valence-corrected chi connectivity index (χ1v) is 7.41. The second-order valence-electron chi connectivity index (χ2n) is 4.05. The van der Waals surface area contributed by atoms with Crippen molar-refractivity contribution in [1.29, 1.82) is 0 Å². The van der Waals surface area contributed by atoms with E-state index in [0.717, 1.165) is 12.8 Å². The van der Waals surface area contributed by atoms with Gasteiger partial charge in [-0.3, -0.25) is 0 Å². The van der Waals surface area contributed by atoms with E-state index in [9.17, 15) is 8.42 Å². The zero-order valence-corrected chi connectivity index (χ0v) is 10.7. The second-order valence-corrected chi connectivity index (χ2v) is 6.02. The summed E-state index contributed by atoms with van der Waals surface area (Å²) in [5, 5.41) is 0. The van der Waals surface area contributed by atoms with Crippen LogP contribution in [0.5, 0.6) is 0 Å². The third kappa shape index (κ3) is 2.49. The molecule has 5 heteroatoms. The van der Waals surface area contributed by atoms with Crippen LogP contribution in [0, 0.1) is 0 Å². The molecule has 2 aromatic rings. The van der Waals surface area contributed by atoms with Crippen molar-refractivity contribution in [3.8, 4) is 0 Å². The SMILES string of the molecule is CCCCCS(=O)(=O)n1cnc2ccccc21. The van der Waals surface area contributed by atoms with E-state index in [1.54, 1.807) is 6.07 Å². The zero-order chi connectivity index (χ0) is 12.3. The molecule has 2 rings (SSSR count). The van der Waals surface area contributed by atoms with Crippen molar-refractivity contribution < 1.29 is 8.42 Å². The molecule has 0 N–H and O–H groups in total. The number of benzene rings is 1. The van der Waals surface area contributed by atoms with Gasteiger partial charge in [0, 0.05) is 0 Å². The van der Waals surface area contributed by atoms with Crippen molar-refractivity contribution in [2.24, 2.45) is 0 Å². The molecule has 17 heavy (non-hydrogen) atoms. The maximum atomic E-state index is 12.1. The molecule has 1 aromatic carbocycles. The molecule has 4 nitrogen and oxygen atoms in total. The van der Waals surface area contributed by atoms with Gasteiger partial charge in [-0.1, -0.05) is 31.9 Å². The van der Waals surface area contributed by atoms with Crippen molar-refractivity contribution >= 4 is 21.1 Å². The molecular formula is C12H16N2O2S. The van der Waals surface area contributed by atoms with E-state index >= 15 is 0 Å². The molecule has 1 aromatic heterocycles. The first-order chi connectivity index (χ1) is 8.15. The van der Waals surface area contributed by atoms with Crippen LogP contribution in [0.4, 0.5) is 0 Å². The van der Waals surface area contributed by atoms with Crippen LogP contribution in [0.15, 0.2) is 30.6 Å². The van der Waals surface area contributed by atoms with Crippen LogP contribution in [0.3, 0.4) is 0 Å². The number of fused-ring (bicyclic) bond motifs is 1. The number of para-hydroxylation sites is 2. The minimum atomic E-state index is -3.26. The predicted octanol–water partition coefficient (Wildman–Crippen LogP) is 2.40. The van der Waals surface area contributed by atoms with Crippen LogP contribution >= 0.6 is 0 Å². The third-order valence-corrected chi connectivity index (χ3v) is 4.42. The minimum Gasteiger partial charge on any atom is -0.236 e. The third-order valence-electron chi connectivity index (χ3n) is 2.73. The first-order valence-electron chi connectivity index (χ1n) is 5.80. The van der Waals surface area contributed by atoms with Crippen molar-refractivity contribution in [2.45, 2.75) is 26.2 Å². The lowest BCUT2D eigenvalue weighted by atomic mass is 10.3. The highest BCUT2D eigenvalue weighted by Gasteiger charge is 2.15. The number of aromatic nitrogens is 2. The van der Waals surface area contributed by atoms with Crippen LogP contribution in [0.2, 0.25) is 0 Å². The molecule has 0 fully saturated rings. The Bertz CT molecular complexity index is 602. The Balaban J connectivity index is 2.33. The van der Waals surface area contributed by atoms with E-state index in [0.29, 0.717) is 17.5 Å². The molecule has 1 heterocycles. The molecule has 0 saturated carbocycles. The molecule has 0 saturated heterocycles. The molecule has 0 radical (unpaired) electrons. The van der Waals surface area contributed by atoms with E-state index in [2.05, 4.69) is 11.9 Å². The molecule has 0 aliphatic rings. The summed E-state index contributed by atoms with van der Waals surface area (Å²) in [4.78, 5) is 4.10. The topological polar surface area (TPSA) is 52.0 Å². The molecule has 0 unspecified atom stereocenters. The summed E-state index contributed by atoms with van der Waals surface area (Å²) in [5.74, 6) is 0.182. The van der Waals surface area contributed by atoms with Crippen LogP contribution in [0.25, 0.3) is 11.0 Å². The molecule has 0 bridgehead atoms. The first kappa shape index (κ1) is 12.1. The molecular weight excluding hydrogens is 236 g/mol. The Kier molecular flexibility index (Phi) is 3.47. The van der Waals surface area contributed by atoms with E-state index in [1.165, 1.54) is 10.3 Å². The molecule has 0 spiro atoms. The second kappa shape index (κ2) is 4.87. The van der Waals surface area contributed by atoms with Gasteiger partial charge < -0.3 is 0 Å². The number of hydrogen-bond donors (Lipinski definition) is 0. The van der Waals surface area contributed by atoms with Gasteiger partial charge in [0.05, 0.1) is 16.8 Å². The van der Waals surface area contributed by atoms with Crippen molar-refractivity contribution in [2.75, 3.05) is 5.75 Å². The van der Waals surface area contributed by atoms with Crippen molar-refractivity contribution in [3.63, 3.8) is 0 Å². The van der Waals surface area contributed by atoms with Gasteiger partial charge >= 0.3 is 0 Å². The summed E-state index contributed by atoms with van der Waals surface area (Å²) in [7, 11) is -3.26. The van der Waals surface area contributed by atoms with Crippen molar-refractivity contribution in [3.05, 3.63) is 30.6 Å². The lowest BCUT2D eigenvalue weighted by molar-refractivity contribution is 0.583. The Morgan fingerprint density at radius 1 is 1.24 bits per heavy atom. The number of rotatable bonds is 5. The van der Waals surface area contributed by atoms with Crippen LogP contribution in [0.1, 0.15) is 26.2 Å². The average Bonchev–Trinajstić information content (AvgIpc) is 2.73. The van der Waals surface area contributed by atoms with E-state index < -0.39 is 10.0 Å². The average molecular weight is 252 g/mol. The smallest absolute Gasteiger partial charge is 0.236 e. The quantitative estimate of drug-likeness (QED) is 0.768. The van der Waals surface area contributed by atoms with Crippen LogP contribution in [-0.2, 0) is 10.0 Å². The van der Waals surface area contributed by atoms with Crippen LogP contribution < -0.4 is 0 Å². The van der Waals surface area contributed by atoms with Crippen LogP contribution in [-0.4, -0.2) is 23.1 Å². The fourth-order valence-electron chi connectivity index (χ4n) is 1.79. The highest BCUT2D eigenvalue weighted by Crippen LogP contribution is 2.15. The minimum absolute atomic E-state index is 0.182. The summed E-state index contributed by atoms with van der Waals surface area (Å²) < 4.78 is 25.5. The summed E-state index contributed by atoms with van der Waals surface area (Å²) in [6, 6.07) is 7.26. The van der Waals surface area contributed by atoms with Crippen molar-refractivity contribution in [1.82, 2.24) is 8.96 Å². The summed E-state index contributed by atoms with van der Waals surface area (Å²) in [6.07, 6.45) is 4.04. The standard InChI is InChI=1S/C12H16N2O2S/c1-2-3-6-9-17(15,16)14-10-13-11-7-4-5-8-12(11)14/h4-5,7-8,10H,2-3,6,9H2,1H3. The zero-order valence-electron chi connectivity index (χ0n) is 9.83. The van der Waals surface area contributed by atoms with E-state index in [-0.39, 0.29) is 5.75 Å². The highest BCUT2D eigenvalue weighted by atomic mass is 32.2. The Morgan fingerprint density at radius 2 is 2.00 bits per heavy atom. The normalized spacial score (nSPS) is 12.1. The monoisotopic (exact) mass is 252 g/mol. The van der Waals surface area contributed by atoms with Gasteiger partial charge in [0.1, 0.15) is 6.33 Å². The fraction of sp³-hybridized carbons (Fsp3) is 0.417. The lowest BCUT2D eigenvalue weighted by Crippen LogP contribution is -2.15. The molecule has 0 amide bonds. The van der Waals surface area contributed by atoms with Gasteiger partial charge in [-0.2, -0.15) is 0 Å². The largest absolute Gasteiger partial charge is 0.240 e. The summed E-state index contributed by atoms with van der Waals surface area (Å²) >= 11 is 0. The number of imidazole rings is 1. The molecule has 0 aliphatic heterocycles. The number of nitrogens with zero attached hydrogens (tertiary/aromatic N) is 2. The van der Waals surface area contributed by atoms with E-state index in [4.69, 9.17) is 0 Å². The van der Waals surface area contributed by atoms with Gasteiger partial charge in [0.25, 0.3) is 0 Å². The highest BCUT2D eigenvalue weighted by molar-refractivity contribution is 7.90. The molecule has 92 valence electrons. The summed E-state index contributed by atoms with van der Waals surface area (Å²) in [5.41, 5.74) is 1.37. The summed E-state index contributed by atoms with van der Waals surface area (Å²) in [6.45, 7) is 2.05. The fourth-order valence-corrected chi connectivity index (χ4v) is 3.20. The van der Waals surface area contributed by atoms with Gasteiger partial charge in [0.2, 0.25) is 10.0 Å².